The lowest BCUT2D eigenvalue weighted by molar-refractivity contribution is 0.0776. The van der Waals surface area contributed by atoms with Gasteiger partial charge in [0.15, 0.2) is 11.6 Å². The first kappa shape index (κ1) is 32.7. The van der Waals surface area contributed by atoms with E-state index in [2.05, 4.69) is 48.3 Å². The Morgan fingerprint density at radius 2 is 1.25 bits per heavy atom. The fourth-order valence-electron chi connectivity index (χ4n) is 6.71. The first-order valence-electron chi connectivity index (χ1n) is 16.0. The number of carbonyl (C=O) groups is 2. The molecule has 0 aliphatic carbocycles. The molecule has 2 unspecified atom stereocenters. The van der Waals surface area contributed by atoms with E-state index < -0.39 is 0 Å². The van der Waals surface area contributed by atoms with Crippen LogP contribution in [0.5, 0.6) is 0 Å². The Kier molecular flexibility index (Phi) is 9.96. The molecule has 2 aromatic heterocycles. The molecule has 0 bridgehead atoms. The van der Waals surface area contributed by atoms with Gasteiger partial charge < -0.3 is 20.6 Å². The van der Waals surface area contributed by atoms with Gasteiger partial charge in [-0.15, -0.1) is 0 Å². The van der Waals surface area contributed by atoms with Crippen molar-refractivity contribution in [2.45, 2.75) is 72.6 Å². The van der Waals surface area contributed by atoms with Crippen molar-refractivity contribution in [3.8, 4) is 0 Å². The molecule has 2 fully saturated rings. The zero-order valence-corrected chi connectivity index (χ0v) is 28.0. The molecule has 2 atom stereocenters. The molecule has 0 saturated carbocycles. The van der Waals surface area contributed by atoms with E-state index in [4.69, 9.17) is 23.2 Å². The number of ketones is 2. The summed E-state index contributed by atoms with van der Waals surface area (Å²) in [6.07, 6.45) is 6.97. The van der Waals surface area contributed by atoms with Gasteiger partial charge in [0, 0.05) is 55.8 Å². The van der Waals surface area contributed by atoms with Crippen LogP contribution in [0.15, 0.2) is 48.5 Å². The molecule has 6 nitrogen and oxygen atoms in total. The van der Waals surface area contributed by atoms with Gasteiger partial charge in [-0.05, 0) is 87.0 Å². The predicted octanol–water partition coefficient (Wildman–Crippen LogP) is 8.98. The molecule has 44 heavy (non-hydrogen) atoms. The van der Waals surface area contributed by atoms with Crippen LogP contribution in [-0.4, -0.2) is 47.7 Å². The van der Waals surface area contributed by atoms with Gasteiger partial charge in [0.2, 0.25) is 0 Å². The number of rotatable bonds is 9. The Morgan fingerprint density at radius 3 is 1.64 bits per heavy atom. The summed E-state index contributed by atoms with van der Waals surface area (Å²) in [5.41, 5.74) is 2.94. The number of unbranched alkanes of at least 4 members (excludes halogenated alkanes) is 1. The molecule has 0 radical (unpaired) electrons. The maximum Gasteiger partial charge on any atom is 0.186 e. The number of carbonyl (C=O) groups excluding carboxylic acids is 2. The first-order chi connectivity index (χ1) is 21.0. The normalized spacial score (nSPS) is 22.0. The third-order valence-electron chi connectivity index (χ3n) is 9.52. The van der Waals surface area contributed by atoms with E-state index in [0.717, 1.165) is 92.9 Å². The fourth-order valence-corrected chi connectivity index (χ4v) is 7.17. The average Bonchev–Trinajstić information content (AvgIpc) is 3.81. The van der Waals surface area contributed by atoms with Crippen molar-refractivity contribution in [3.63, 3.8) is 0 Å². The van der Waals surface area contributed by atoms with Gasteiger partial charge in [-0.3, -0.25) is 9.59 Å². The van der Waals surface area contributed by atoms with Crippen LogP contribution in [0.25, 0.3) is 21.8 Å². The summed E-state index contributed by atoms with van der Waals surface area (Å²) in [5.74, 6) is 0.451. The second-order valence-electron chi connectivity index (χ2n) is 14.0. The van der Waals surface area contributed by atoms with Crippen LogP contribution in [0, 0.1) is 16.2 Å². The van der Waals surface area contributed by atoms with E-state index in [1.165, 1.54) is 0 Å². The molecule has 0 amide bonds. The van der Waals surface area contributed by atoms with Crippen molar-refractivity contribution >= 4 is 56.6 Å². The third-order valence-corrected chi connectivity index (χ3v) is 10.2. The zero-order chi connectivity index (χ0) is 31.5. The summed E-state index contributed by atoms with van der Waals surface area (Å²) in [6.45, 7) is 12.3. The van der Waals surface area contributed by atoms with Crippen LogP contribution in [0.3, 0.4) is 0 Å². The van der Waals surface area contributed by atoms with E-state index >= 15 is 0 Å². The minimum Gasteiger partial charge on any atom is -0.352 e. The Labute approximate surface area is 271 Å². The molecule has 0 spiro atoms. The molecule has 4 heterocycles. The van der Waals surface area contributed by atoms with E-state index in [0.29, 0.717) is 21.4 Å². The van der Waals surface area contributed by atoms with Gasteiger partial charge in [0.05, 0.1) is 11.4 Å². The minimum absolute atomic E-state index is 0.221. The van der Waals surface area contributed by atoms with Gasteiger partial charge in [-0.25, -0.2) is 0 Å². The number of halogens is 2. The molecular weight excluding hydrogens is 591 g/mol. The van der Waals surface area contributed by atoms with E-state index in [-0.39, 0.29) is 27.8 Å². The predicted molar refractivity (Wildman–Crippen MR) is 183 cm³/mol. The topological polar surface area (TPSA) is 89.8 Å². The zero-order valence-electron chi connectivity index (χ0n) is 26.5. The highest BCUT2D eigenvalue weighted by atomic mass is 35.5. The number of aromatic nitrogens is 2. The molecule has 6 rings (SSSR count). The van der Waals surface area contributed by atoms with Crippen molar-refractivity contribution in [1.29, 1.82) is 0 Å². The highest BCUT2D eigenvalue weighted by Crippen LogP contribution is 2.40. The second-order valence-corrected chi connectivity index (χ2v) is 14.8. The number of fused-ring (bicyclic) bond motifs is 2. The summed E-state index contributed by atoms with van der Waals surface area (Å²) in [5, 5.41) is 9.97. The number of aromatic amines is 2. The molecule has 2 aliphatic rings. The Bertz CT molecular complexity index is 1620. The lowest BCUT2D eigenvalue weighted by Gasteiger charge is -2.30. The van der Waals surface area contributed by atoms with E-state index in [1.807, 2.05) is 48.5 Å². The summed E-state index contributed by atoms with van der Waals surface area (Å²) in [4.78, 5) is 32.8. The summed E-state index contributed by atoms with van der Waals surface area (Å²) in [7, 11) is 0. The Morgan fingerprint density at radius 1 is 0.773 bits per heavy atom. The molecule has 4 aromatic rings. The van der Waals surface area contributed by atoms with Gasteiger partial charge >= 0.3 is 0 Å². The molecule has 2 saturated heterocycles. The maximum atomic E-state index is 13.3. The highest BCUT2D eigenvalue weighted by Gasteiger charge is 2.43. The molecule has 2 aromatic carbocycles. The van der Waals surface area contributed by atoms with Gasteiger partial charge in [0.25, 0.3) is 0 Å². The lowest BCUT2D eigenvalue weighted by Crippen LogP contribution is -2.35. The average molecular weight is 638 g/mol. The smallest absolute Gasteiger partial charge is 0.186 e. The van der Waals surface area contributed by atoms with Crippen molar-refractivity contribution in [2.75, 3.05) is 26.2 Å². The van der Waals surface area contributed by atoms with Crippen LogP contribution < -0.4 is 10.6 Å². The first-order valence-corrected chi connectivity index (χ1v) is 16.8. The number of hydrogen-bond donors (Lipinski definition) is 4. The number of nitrogens with one attached hydrogen (secondary N) is 4. The minimum atomic E-state index is -0.291. The van der Waals surface area contributed by atoms with Crippen molar-refractivity contribution in [1.82, 2.24) is 20.6 Å². The molecule has 8 heteroatoms. The van der Waals surface area contributed by atoms with Crippen molar-refractivity contribution < 1.29 is 9.59 Å². The van der Waals surface area contributed by atoms with Gasteiger partial charge in [0.1, 0.15) is 0 Å². The second kappa shape index (κ2) is 13.4. The summed E-state index contributed by atoms with van der Waals surface area (Å²) >= 11 is 12.5. The molecule has 236 valence electrons. The molecule has 2 aliphatic heterocycles. The largest absolute Gasteiger partial charge is 0.352 e. The van der Waals surface area contributed by atoms with Crippen molar-refractivity contribution in [3.05, 3.63) is 70.0 Å². The van der Waals surface area contributed by atoms with Gasteiger partial charge in [-0.1, -0.05) is 75.9 Å². The molecule has 4 N–H and O–H groups in total. The number of hydrogen-bond acceptors (Lipinski definition) is 4. The maximum absolute atomic E-state index is 13.3. The van der Waals surface area contributed by atoms with Crippen LogP contribution >= 0.6 is 23.2 Å². The monoisotopic (exact) mass is 636 g/mol. The Balaban J connectivity index is 0.000000175. The van der Waals surface area contributed by atoms with Crippen LogP contribution in [0.1, 0.15) is 93.6 Å². The quantitative estimate of drug-likeness (QED) is 0.138. The Hall–Kier alpha value is -2.64. The van der Waals surface area contributed by atoms with Gasteiger partial charge in [-0.2, -0.15) is 0 Å². The van der Waals surface area contributed by atoms with Crippen molar-refractivity contribution in [2.24, 2.45) is 16.2 Å². The lowest BCUT2D eigenvalue weighted by atomic mass is 9.73. The highest BCUT2D eigenvalue weighted by molar-refractivity contribution is 6.36. The van der Waals surface area contributed by atoms with Crippen LogP contribution in [-0.2, 0) is 0 Å². The summed E-state index contributed by atoms with van der Waals surface area (Å²) < 4.78 is 0. The third kappa shape index (κ3) is 6.94. The van der Waals surface area contributed by atoms with E-state index in [9.17, 15) is 9.59 Å². The SMILES string of the molecule is CC(C)(C)CCC1(C(=O)c2cc3c(Cl)cccc3[nH]2)CCNC1.CCCCC1(C(=O)c2cc3c(Cl)cccc3[nH]2)CCNC1. The summed E-state index contributed by atoms with van der Waals surface area (Å²) in [6, 6.07) is 15.3. The number of benzene rings is 2. The van der Waals surface area contributed by atoms with Crippen LogP contribution in [0.2, 0.25) is 10.0 Å². The van der Waals surface area contributed by atoms with Crippen LogP contribution in [0.4, 0.5) is 0 Å². The number of H-pyrrole nitrogens is 2. The standard InChI is InChI=1S/C19H25ClN2O.C17H21ClN2O/c1-18(2,3)7-8-19(9-10-21-12-19)17(23)16-11-13-14(20)5-4-6-15(13)22-16;1-2-3-7-17(8-9-19-11-17)16(21)15-10-12-13(18)5-4-6-14(12)20-15/h4-6,11,21-22H,7-10,12H2,1-3H3;4-6,10,19-20H,2-3,7-9,11H2,1H3. The molecular formula is C36H46Cl2N4O2. The van der Waals surface area contributed by atoms with E-state index in [1.54, 1.807) is 0 Å². The number of Topliss-reactive ketones (excluding diaryl/α,β-unsaturated/α-hetero) is 2. The fraction of sp³-hybridized carbons (Fsp3) is 0.500.